The van der Waals surface area contributed by atoms with E-state index in [2.05, 4.69) is 71.4 Å². The van der Waals surface area contributed by atoms with Crippen molar-refractivity contribution in [1.82, 2.24) is 9.88 Å². The number of para-hydroxylation sites is 1. The van der Waals surface area contributed by atoms with Crippen LogP contribution in [0.3, 0.4) is 0 Å². The van der Waals surface area contributed by atoms with Crippen LogP contribution in [0.15, 0.2) is 60.2 Å². The number of fused-ring (bicyclic) bond motifs is 6. The van der Waals surface area contributed by atoms with Crippen molar-refractivity contribution >= 4 is 22.8 Å². The van der Waals surface area contributed by atoms with Gasteiger partial charge in [-0.25, -0.2) is 0 Å². The molecule has 2 aliphatic heterocycles. The number of unbranched alkanes of at least 4 members (excludes halogenated alkanes) is 1. The predicted molar refractivity (Wildman–Crippen MR) is 135 cm³/mol. The Morgan fingerprint density at radius 1 is 1.06 bits per heavy atom. The van der Waals surface area contributed by atoms with E-state index >= 15 is 0 Å². The van der Waals surface area contributed by atoms with Gasteiger partial charge in [-0.3, -0.25) is 9.69 Å². The Hall–Kier alpha value is -2.65. The first-order valence-electron chi connectivity index (χ1n) is 12.8. The topological polar surface area (TPSA) is 36.1 Å². The lowest BCUT2D eigenvalue weighted by molar-refractivity contribution is -0.121. The molecule has 0 bridgehead atoms. The fourth-order valence-electron chi connectivity index (χ4n) is 6.99. The highest BCUT2D eigenvalue weighted by Crippen LogP contribution is 2.53. The molecule has 3 nitrogen and oxygen atoms in total. The van der Waals surface area contributed by atoms with Gasteiger partial charge in [-0.15, -0.1) is 0 Å². The highest BCUT2D eigenvalue weighted by atomic mass is 16.1. The zero-order valence-electron chi connectivity index (χ0n) is 19.6. The molecule has 1 saturated heterocycles. The van der Waals surface area contributed by atoms with E-state index in [0.29, 0.717) is 24.0 Å². The summed E-state index contributed by atoms with van der Waals surface area (Å²) in [6, 6.07) is 19.2. The lowest BCUT2D eigenvalue weighted by Crippen LogP contribution is -2.59. The maximum atomic E-state index is 13.2. The van der Waals surface area contributed by atoms with Gasteiger partial charge in [-0.1, -0.05) is 68.3 Å². The number of hydrogen-bond acceptors (Lipinski definition) is 2. The normalized spacial score (nSPS) is 28.5. The summed E-state index contributed by atoms with van der Waals surface area (Å²) in [6.07, 6.45) is 9.64. The van der Waals surface area contributed by atoms with Crippen LogP contribution >= 0.6 is 0 Å². The Morgan fingerprint density at radius 2 is 1.88 bits per heavy atom. The smallest absolute Gasteiger partial charge is 0.159 e. The summed E-state index contributed by atoms with van der Waals surface area (Å²) in [7, 11) is 0. The molecule has 3 atom stereocenters. The first-order chi connectivity index (χ1) is 16.2. The predicted octanol–water partition coefficient (Wildman–Crippen LogP) is 6.49. The quantitative estimate of drug-likeness (QED) is 0.472. The fraction of sp³-hybridized carbons (Fsp3) is 0.433. The monoisotopic (exact) mass is 438 g/mol. The molecule has 3 heterocycles. The van der Waals surface area contributed by atoms with Gasteiger partial charge in [0.05, 0.1) is 5.54 Å². The van der Waals surface area contributed by atoms with Crippen molar-refractivity contribution in [3.8, 4) is 0 Å². The van der Waals surface area contributed by atoms with Gasteiger partial charge in [0.25, 0.3) is 0 Å². The fourth-order valence-corrected chi connectivity index (χ4v) is 6.99. The van der Waals surface area contributed by atoms with E-state index in [0.717, 1.165) is 43.5 Å². The maximum Gasteiger partial charge on any atom is 0.159 e. The zero-order chi connectivity index (χ0) is 22.4. The third-order valence-electron chi connectivity index (χ3n) is 8.61. The first-order valence-corrected chi connectivity index (χ1v) is 12.8. The number of ketones is 1. The largest absolute Gasteiger partial charge is 0.357 e. The molecule has 2 fully saturated rings. The first kappa shape index (κ1) is 20.9. The minimum Gasteiger partial charge on any atom is -0.357 e. The Morgan fingerprint density at radius 3 is 2.73 bits per heavy atom. The van der Waals surface area contributed by atoms with E-state index in [4.69, 9.17) is 0 Å². The van der Waals surface area contributed by atoms with Gasteiger partial charge in [0.2, 0.25) is 0 Å². The number of carbonyl (C=O) groups is 1. The van der Waals surface area contributed by atoms with E-state index in [1.165, 1.54) is 41.4 Å². The van der Waals surface area contributed by atoms with Crippen molar-refractivity contribution in [3.05, 3.63) is 77.0 Å². The number of allylic oxidation sites excluding steroid dienone is 1. The number of benzene rings is 2. The number of nitrogens with zero attached hydrogens (tertiary/aromatic N) is 1. The molecule has 1 aromatic heterocycles. The van der Waals surface area contributed by atoms with Crippen molar-refractivity contribution in [1.29, 1.82) is 0 Å². The highest BCUT2D eigenvalue weighted by molar-refractivity contribution is 6.00. The van der Waals surface area contributed by atoms with Gasteiger partial charge < -0.3 is 4.98 Å². The minimum absolute atomic E-state index is 0.0602. The van der Waals surface area contributed by atoms with E-state index < -0.39 is 0 Å². The molecule has 3 heteroatoms. The van der Waals surface area contributed by atoms with Crippen molar-refractivity contribution < 1.29 is 4.79 Å². The lowest BCUT2D eigenvalue weighted by atomic mass is 9.63. The second-order valence-corrected chi connectivity index (χ2v) is 10.5. The number of H-pyrrole nitrogens is 1. The van der Waals surface area contributed by atoms with Gasteiger partial charge >= 0.3 is 0 Å². The Balaban J connectivity index is 1.36. The molecule has 0 amide bonds. The molecule has 1 N–H and O–H groups in total. The summed E-state index contributed by atoms with van der Waals surface area (Å²) in [4.78, 5) is 19.9. The van der Waals surface area contributed by atoms with Crippen LogP contribution < -0.4 is 0 Å². The number of rotatable bonds is 4. The molecule has 2 aromatic carbocycles. The summed E-state index contributed by atoms with van der Waals surface area (Å²) in [5, 5.41) is 1.40. The van der Waals surface area contributed by atoms with Gasteiger partial charge in [-0.2, -0.15) is 0 Å². The molecule has 3 aliphatic rings. The number of carbonyl (C=O) groups excluding carboxylic acids is 1. The molecule has 1 aliphatic carbocycles. The van der Waals surface area contributed by atoms with Crippen LogP contribution in [-0.4, -0.2) is 28.8 Å². The van der Waals surface area contributed by atoms with Crippen molar-refractivity contribution in [2.24, 2.45) is 11.8 Å². The van der Waals surface area contributed by atoms with E-state index in [1.54, 1.807) is 0 Å². The standard InChI is InChI=1S/C30H34N2O/c1-2-3-14-30-19-23-18-28(33)22(16-21-9-5-4-6-10-21)17-24(23)20-32(30)15-13-26-25-11-7-8-12-27(25)31-29(26)30/h4-12,16,23-24,31H,2-3,13-15,17-20H2,1H3/t23?,24?,30-/m0/s1. The van der Waals surface area contributed by atoms with Crippen LogP contribution in [0.2, 0.25) is 0 Å². The Bertz CT molecular complexity index is 1210. The number of Topliss-reactive ketones (excluding diaryl/α,β-unsaturated/α-hetero) is 1. The molecule has 6 rings (SSSR count). The zero-order valence-corrected chi connectivity index (χ0v) is 19.6. The van der Waals surface area contributed by atoms with Crippen molar-refractivity contribution in [2.75, 3.05) is 13.1 Å². The summed E-state index contributed by atoms with van der Waals surface area (Å²) in [5.41, 5.74) is 6.50. The Labute approximate surface area is 196 Å². The number of aromatic nitrogens is 1. The molecule has 2 unspecified atom stereocenters. The summed E-state index contributed by atoms with van der Waals surface area (Å²) < 4.78 is 0. The van der Waals surface area contributed by atoms with Crippen LogP contribution in [0, 0.1) is 11.8 Å². The number of hydrogen-bond donors (Lipinski definition) is 1. The average molecular weight is 439 g/mol. The molecule has 0 spiro atoms. The molecule has 1 saturated carbocycles. The van der Waals surface area contributed by atoms with Gasteiger partial charge in [0.15, 0.2) is 5.78 Å². The second-order valence-electron chi connectivity index (χ2n) is 10.5. The minimum atomic E-state index is 0.0602. The van der Waals surface area contributed by atoms with Crippen LogP contribution in [0.5, 0.6) is 0 Å². The third kappa shape index (κ3) is 3.49. The van der Waals surface area contributed by atoms with E-state index in [1.807, 2.05) is 6.07 Å². The number of nitrogens with one attached hydrogen (secondary N) is 1. The van der Waals surface area contributed by atoms with Crippen LogP contribution in [0.25, 0.3) is 17.0 Å². The van der Waals surface area contributed by atoms with Gasteiger partial charge in [-0.05, 0) is 66.4 Å². The van der Waals surface area contributed by atoms with Crippen molar-refractivity contribution in [3.63, 3.8) is 0 Å². The molecule has 170 valence electrons. The summed E-state index contributed by atoms with van der Waals surface area (Å²) >= 11 is 0. The van der Waals surface area contributed by atoms with E-state index in [-0.39, 0.29) is 5.54 Å². The molecule has 33 heavy (non-hydrogen) atoms. The number of aromatic amines is 1. The maximum absolute atomic E-state index is 13.2. The van der Waals surface area contributed by atoms with Gasteiger partial charge in [0, 0.05) is 36.1 Å². The summed E-state index contributed by atoms with van der Waals surface area (Å²) in [5.74, 6) is 1.43. The van der Waals surface area contributed by atoms with Crippen LogP contribution in [0.4, 0.5) is 0 Å². The van der Waals surface area contributed by atoms with Gasteiger partial charge in [0.1, 0.15) is 0 Å². The molecular weight excluding hydrogens is 404 g/mol. The van der Waals surface area contributed by atoms with Crippen LogP contribution in [-0.2, 0) is 16.8 Å². The SMILES string of the molecule is CCCC[C@@]12CC3CC(=O)C(=Cc4ccccc4)CC3CN1CCc1c2[nH]c2ccccc12. The molecular formula is C30H34N2O. The molecule has 3 aromatic rings. The van der Waals surface area contributed by atoms with E-state index in [9.17, 15) is 4.79 Å². The molecule has 0 radical (unpaired) electrons. The van der Waals surface area contributed by atoms with Crippen LogP contribution in [0.1, 0.15) is 62.3 Å². The summed E-state index contributed by atoms with van der Waals surface area (Å²) in [6.45, 7) is 4.54. The highest BCUT2D eigenvalue weighted by Gasteiger charge is 2.52. The second kappa shape index (κ2) is 8.29. The number of piperidine rings is 1. The lowest BCUT2D eigenvalue weighted by Gasteiger charge is -2.56. The van der Waals surface area contributed by atoms with Crippen molar-refractivity contribution in [2.45, 2.75) is 57.4 Å². The average Bonchev–Trinajstić information content (AvgIpc) is 3.23. The Kier molecular flexibility index (Phi) is 5.25. The third-order valence-corrected chi connectivity index (χ3v) is 8.61.